The van der Waals surface area contributed by atoms with Crippen molar-refractivity contribution in [3.8, 4) is 0 Å². The molecular weight excluding hydrogens is 370 g/mol. The molecule has 1 aromatic carbocycles. The predicted octanol–water partition coefficient (Wildman–Crippen LogP) is 0.759. The molecule has 8 nitrogen and oxygen atoms in total. The predicted molar refractivity (Wildman–Crippen MR) is 102 cm³/mol. The lowest BCUT2D eigenvalue weighted by atomic mass is 10.2. The maximum atomic E-state index is 12.5. The highest BCUT2D eigenvalue weighted by Gasteiger charge is 2.24. The number of sulfonamides is 1. The number of carbonyl (C=O) groups is 2. The Bertz CT molecular complexity index is 794. The summed E-state index contributed by atoms with van der Waals surface area (Å²) >= 11 is 0. The zero-order valence-electron chi connectivity index (χ0n) is 16.0. The monoisotopic (exact) mass is 397 g/mol. The molecule has 2 rings (SSSR count). The van der Waals surface area contributed by atoms with E-state index in [9.17, 15) is 18.0 Å². The van der Waals surface area contributed by atoms with Gasteiger partial charge in [0.2, 0.25) is 21.8 Å². The molecule has 0 saturated heterocycles. The van der Waals surface area contributed by atoms with Gasteiger partial charge in [0.25, 0.3) is 0 Å². The molecule has 1 N–H and O–H groups in total. The van der Waals surface area contributed by atoms with Crippen LogP contribution in [0.4, 0.5) is 5.69 Å². The molecule has 0 fully saturated rings. The Morgan fingerprint density at radius 2 is 2.00 bits per heavy atom. The van der Waals surface area contributed by atoms with Crippen LogP contribution in [0, 0.1) is 0 Å². The first-order valence-corrected chi connectivity index (χ1v) is 10.4. The van der Waals surface area contributed by atoms with Gasteiger partial charge in [-0.1, -0.05) is 0 Å². The fraction of sp³-hybridized carbons (Fsp3) is 0.556. The second-order valence-corrected chi connectivity index (χ2v) is 8.23. The van der Waals surface area contributed by atoms with Crippen molar-refractivity contribution in [2.24, 2.45) is 0 Å². The molecule has 0 spiro atoms. The lowest BCUT2D eigenvalue weighted by molar-refractivity contribution is -0.129. The molecule has 1 aliphatic heterocycles. The molecule has 0 aliphatic carbocycles. The largest absolute Gasteiger partial charge is 0.385 e. The summed E-state index contributed by atoms with van der Waals surface area (Å²) < 4.78 is 32.6. The molecule has 150 valence electrons. The van der Waals surface area contributed by atoms with E-state index in [1.165, 1.54) is 19.9 Å². The summed E-state index contributed by atoms with van der Waals surface area (Å²) in [6.45, 7) is 5.01. The van der Waals surface area contributed by atoms with Crippen LogP contribution in [0.15, 0.2) is 23.1 Å². The molecule has 0 atom stereocenters. The van der Waals surface area contributed by atoms with Crippen LogP contribution in [0.2, 0.25) is 0 Å². The standard InChI is InChI=1S/C18H27N3O5S/c1-14(22)20(9-4-12-26-3)11-8-19-27(24,25)17-5-6-18-16(13-17)7-10-21(18)15(2)23/h5-6,13,19H,4,7-12H2,1-3H3. The quantitative estimate of drug-likeness (QED) is 0.621. The average Bonchev–Trinajstić information content (AvgIpc) is 3.03. The minimum absolute atomic E-state index is 0.0553. The number of rotatable bonds is 9. The van der Waals surface area contributed by atoms with Crippen LogP contribution in [0.3, 0.4) is 0 Å². The summed E-state index contributed by atoms with van der Waals surface area (Å²) in [7, 11) is -2.09. The van der Waals surface area contributed by atoms with Gasteiger partial charge in [0.15, 0.2) is 0 Å². The Morgan fingerprint density at radius 3 is 2.63 bits per heavy atom. The normalized spacial score (nSPS) is 13.5. The number of fused-ring (bicyclic) bond motifs is 1. The molecule has 0 radical (unpaired) electrons. The highest BCUT2D eigenvalue weighted by molar-refractivity contribution is 7.89. The number of ether oxygens (including phenoxy) is 1. The van der Waals surface area contributed by atoms with Crippen molar-refractivity contribution in [3.05, 3.63) is 23.8 Å². The van der Waals surface area contributed by atoms with Gasteiger partial charge in [-0.05, 0) is 36.6 Å². The van der Waals surface area contributed by atoms with Gasteiger partial charge in [-0.2, -0.15) is 0 Å². The zero-order valence-corrected chi connectivity index (χ0v) is 16.8. The van der Waals surface area contributed by atoms with Gasteiger partial charge in [-0.15, -0.1) is 0 Å². The first-order valence-electron chi connectivity index (χ1n) is 8.91. The molecule has 0 aromatic heterocycles. The van der Waals surface area contributed by atoms with Gasteiger partial charge < -0.3 is 14.5 Å². The van der Waals surface area contributed by atoms with Gasteiger partial charge in [-0.25, -0.2) is 13.1 Å². The molecule has 2 amide bonds. The van der Waals surface area contributed by atoms with E-state index < -0.39 is 10.0 Å². The van der Waals surface area contributed by atoms with E-state index in [0.717, 1.165) is 11.3 Å². The van der Waals surface area contributed by atoms with Crippen molar-refractivity contribution in [1.82, 2.24) is 9.62 Å². The van der Waals surface area contributed by atoms with Crippen LogP contribution in [-0.4, -0.2) is 65.0 Å². The number of nitrogens with one attached hydrogen (secondary N) is 1. The second kappa shape index (κ2) is 9.29. The van der Waals surface area contributed by atoms with Crippen LogP contribution < -0.4 is 9.62 Å². The third-order valence-corrected chi connectivity index (χ3v) is 5.99. The smallest absolute Gasteiger partial charge is 0.240 e. The van der Waals surface area contributed by atoms with Gasteiger partial charge in [0.1, 0.15) is 0 Å². The van der Waals surface area contributed by atoms with E-state index in [-0.39, 0.29) is 23.3 Å². The number of hydrogen-bond acceptors (Lipinski definition) is 5. The molecule has 0 bridgehead atoms. The summed E-state index contributed by atoms with van der Waals surface area (Å²) in [5.74, 6) is -0.160. The Morgan fingerprint density at radius 1 is 1.26 bits per heavy atom. The highest BCUT2D eigenvalue weighted by Crippen LogP contribution is 2.30. The van der Waals surface area contributed by atoms with Gasteiger partial charge >= 0.3 is 0 Å². The summed E-state index contributed by atoms with van der Waals surface area (Å²) in [6.07, 6.45) is 1.33. The number of benzene rings is 1. The van der Waals surface area contributed by atoms with E-state index in [2.05, 4.69) is 4.72 Å². The highest BCUT2D eigenvalue weighted by atomic mass is 32.2. The molecular formula is C18H27N3O5S. The lowest BCUT2D eigenvalue weighted by Gasteiger charge is -2.21. The van der Waals surface area contributed by atoms with E-state index in [4.69, 9.17) is 4.74 Å². The first kappa shape index (κ1) is 21.3. The van der Waals surface area contributed by atoms with Crippen LogP contribution in [0.5, 0.6) is 0 Å². The number of amides is 2. The first-order chi connectivity index (χ1) is 12.8. The van der Waals surface area contributed by atoms with E-state index >= 15 is 0 Å². The van der Waals surface area contributed by atoms with E-state index in [0.29, 0.717) is 39.1 Å². The van der Waals surface area contributed by atoms with E-state index in [1.807, 2.05) is 0 Å². The fourth-order valence-corrected chi connectivity index (χ4v) is 4.17. The second-order valence-electron chi connectivity index (χ2n) is 6.46. The molecule has 9 heteroatoms. The summed E-state index contributed by atoms with van der Waals surface area (Å²) in [5, 5.41) is 0. The topological polar surface area (TPSA) is 96.0 Å². The molecule has 0 saturated carbocycles. The molecule has 1 aromatic rings. The maximum absolute atomic E-state index is 12.5. The third kappa shape index (κ3) is 5.50. The Labute approximate surface area is 160 Å². The van der Waals surface area contributed by atoms with Crippen LogP contribution in [0.25, 0.3) is 0 Å². The number of anilines is 1. The lowest BCUT2D eigenvalue weighted by Crippen LogP contribution is -2.38. The summed E-state index contributed by atoms with van der Waals surface area (Å²) in [4.78, 5) is 26.7. The SMILES string of the molecule is COCCCN(CCNS(=O)(=O)c1ccc2c(c1)CCN2C(C)=O)C(C)=O. The molecule has 27 heavy (non-hydrogen) atoms. The van der Waals surface area contributed by atoms with Gasteiger partial charge in [0, 0.05) is 59.4 Å². The number of hydrogen-bond donors (Lipinski definition) is 1. The fourth-order valence-electron chi connectivity index (χ4n) is 3.10. The van der Waals surface area contributed by atoms with Gasteiger partial charge in [-0.3, -0.25) is 9.59 Å². The molecule has 1 heterocycles. The van der Waals surface area contributed by atoms with Crippen molar-refractivity contribution in [1.29, 1.82) is 0 Å². The van der Waals surface area contributed by atoms with Crippen LogP contribution in [0.1, 0.15) is 25.8 Å². The summed E-state index contributed by atoms with van der Waals surface area (Å²) in [6, 6.07) is 4.79. The van der Waals surface area contributed by atoms with Crippen molar-refractivity contribution >= 4 is 27.5 Å². The Hall–Kier alpha value is -1.97. The van der Waals surface area contributed by atoms with Crippen molar-refractivity contribution in [2.45, 2.75) is 31.6 Å². The van der Waals surface area contributed by atoms with E-state index in [1.54, 1.807) is 29.0 Å². The minimum atomic E-state index is -3.68. The maximum Gasteiger partial charge on any atom is 0.240 e. The van der Waals surface area contributed by atoms with Crippen molar-refractivity contribution in [2.75, 3.05) is 44.8 Å². The number of carbonyl (C=O) groups excluding carboxylic acids is 2. The Balaban J connectivity index is 1.98. The van der Waals surface area contributed by atoms with Crippen molar-refractivity contribution in [3.63, 3.8) is 0 Å². The zero-order chi connectivity index (χ0) is 20.0. The summed E-state index contributed by atoms with van der Waals surface area (Å²) in [5.41, 5.74) is 1.61. The number of methoxy groups -OCH3 is 1. The van der Waals surface area contributed by atoms with Crippen LogP contribution in [-0.2, 0) is 30.8 Å². The minimum Gasteiger partial charge on any atom is -0.385 e. The molecule has 0 unspecified atom stereocenters. The van der Waals surface area contributed by atoms with Crippen molar-refractivity contribution < 1.29 is 22.7 Å². The molecule has 1 aliphatic rings. The van der Waals surface area contributed by atoms with Gasteiger partial charge in [0.05, 0.1) is 4.90 Å². The average molecular weight is 397 g/mol. The van der Waals surface area contributed by atoms with Crippen LogP contribution >= 0.6 is 0 Å². The third-order valence-electron chi connectivity index (χ3n) is 4.53. The Kier molecular flexibility index (Phi) is 7.34. The number of nitrogens with zero attached hydrogens (tertiary/aromatic N) is 2.